The normalized spacial score (nSPS) is 11.8. The highest BCUT2D eigenvalue weighted by Gasteiger charge is 2.08. The van der Waals surface area contributed by atoms with Gasteiger partial charge in [-0.05, 0) is 39.0 Å². The molecule has 0 atom stereocenters. The van der Waals surface area contributed by atoms with E-state index in [4.69, 9.17) is 4.74 Å². The quantitative estimate of drug-likeness (QED) is 0.633. The summed E-state index contributed by atoms with van der Waals surface area (Å²) in [5.41, 5.74) is 0.177. The summed E-state index contributed by atoms with van der Waals surface area (Å²) >= 11 is 0. The van der Waals surface area contributed by atoms with E-state index in [1.807, 2.05) is 20.8 Å². The molecular formula is C12H17F2NO. The average molecular weight is 229 g/mol. The highest BCUT2D eigenvalue weighted by atomic mass is 19.1. The van der Waals surface area contributed by atoms with Gasteiger partial charge in [0, 0.05) is 11.1 Å². The van der Waals surface area contributed by atoms with Crippen molar-refractivity contribution in [3.05, 3.63) is 35.4 Å². The van der Waals surface area contributed by atoms with Gasteiger partial charge in [-0.3, -0.25) is 5.32 Å². The molecule has 0 heterocycles. The van der Waals surface area contributed by atoms with Crippen LogP contribution in [0.5, 0.6) is 0 Å². The minimum atomic E-state index is -0.455. The number of hydrogen-bond acceptors (Lipinski definition) is 2. The molecule has 0 aliphatic heterocycles. The number of ether oxygens (including phenoxy) is 1. The van der Waals surface area contributed by atoms with Crippen LogP contribution in [0.15, 0.2) is 18.2 Å². The van der Waals surface area contributed by atoms with Crippen LogP contribution in [-0.4, -0.2) is 12.3 Å². The second-order valence-electron chi connectivity index (χ2n) is 4.66. The predicted molar refractivity (Wildman–Crippen MR) is 58.9 cm³/mol. The second-order valence-corrected chi connectivity index (χ2v) is 4.66. The van der Waals surface area contributed by atoms with E-state index in [0.717, 1.165) is 18.2 Å². The maximum atomic E-state index is 13.2. The first kappa shape index (κ1) is 13.1. The highest BCUT2D eigenvalue weighted by molar-refractivity contribution is 5.17. The molecule has 1 aromatic rings. The Labute approximate surface area is 94.6 Å². The molecule has 0 saturated heterocycles. The molecule has 0 unspecified atom stereocenters. The van der Waals surface area contributed by atoms with Crippen molar-refractivity contribution in [1.29, 1.82) is 0 Å². The molecule has 1 rings (SSSR count). The second kappa shape index (κ2) is 5.37. The van der Waals surface area contributed by atoms with Crippen LogP contribution in [0.3, 0.4) is 0 Å². The topological polar surface area (TPSA) is 21.3 Å². The van der Waals surface area contributed by atoms with Crippen LogP contribution in [0, 0.1) is 11.6 Å². The lowest BCUT2D eigenvalue weighted by molar-refractivity contribution is 0.0846. The van der Waals surface area contributed by atoms with Crippen molar-refractivity contribution in [2.75, 3.05) is 6.73 Å². The number of halogens is 2. The standard InChI is InChI=1S/C12H17F2NO/c1-12(2,3)15-8-16-7-9-6-10(13)4-5-11(9)14/h4-6,15H,7-8H2,1-3H3. The Morgan fingerprint density at radius 2 is 1.94 bits per heavy atom. The van der Waals surface area contributed by atoms with Crippen LogP contribution in [0.4, 0.5) is 8.78 Å². The third-order valence-electron chi connectivity index (χ3n) is 1.97. The first-order valence-corrected chi connectivity index (χ1v) is 5.15. The Morgan fingerprint density at radius 3 is 2.56 bits per heavy atom. The van der Waals surface area contributed by atoms with Gasteiger partial charge < -0.3 is 4.74 Å². The number of nitrogens with one attached hydrogen (secondary N) is 1. The van der Waals surface area contributed by atoms with E-state index in [9.17, 15) is 8.78 Å². The van der Waals surface area contributed by atoms with Crippen molar-refractivity contribution in [1.82, 2.24) is 5.32 Å². The van der Waals surface area contributed by atoms with Crippen molar-refractivity contribution in [3.8, 4) is 0 Å². The summed E-state index contributed by atoms with van der Waals surface area (Å²) in [5.74, 6) is -0.902. The average Bonchev–Trinajstić information content (AvgIpc) is 2.16. The van der Waals surface area contributed by atoms with Gasteiger partial charge in [0.2, 0.25) is 0 Å². The maximum absolute atomic E-state index is 13.2. The van der Waals surface area contributed by atoms with E-state index >= 15 is 0 Å². The SMILES string of the molecule is CC(C)(C)NCOCc1cc(F)ccc1F. The van der Waals surface area contributed by atoms with Crippen molar-refractivity contribution in [2.45, 2.75) is 32.9 Å². The molecule has 0 aromatic heterocycles. The Morgan fingerprint density at radius 1 is 1.25 bits per heavy atom. The van der Waals surface area contributed by atoms with E-state index in [1.54, 1.807) is 0 Å². The van der Waals surface area contributed by atoms with Crippen LogP contribution in [0.1, 0.15) is 26.3 Å². The van der Waals surface area contributed by atoms with Crippen LogP contribution >= 0.6 is 0 Å². The lowest BCUT2D eigenvalue weighted by atomic mass is 10.1. The number of benzene rings is 1. The zero-order valence-electron chi connectivity index (χ0n) is 9.81. The van der Waals surface area contributed by atoms with E-state index in [1.165, 1.54) is 0 Å². The Bertz CT molecular complexity index is 347. The number of rotatable bonds is 4. The lowest BCUT2D eigenvalue weighted by Crippen LogP contribution is -2.37. The molecule has 1 N–H and O–H groups in total. The van der Waals surface area contributed by atoms with E-state index < -0.39 is 11.6 Å². The predicted octanol–water partition coefficient (Wildman–Crippen LogP) is 2.83. The fourth-order valence-electron chi connectivity index (χ4n) is 1.08. The molecule has 2 nitrogen and oxygen atoms in total. The number of hydrogen-bond donors (Lipinski definition) is 1. The molecule has 1 aromatic carbocycles. The summed E-state index contributed by atoms with van der Waals surface area (Å²) in [7, 11) is 0. The molecule has 90 valence electrons. The van der Waals surface area contributed by atoms with Crippen molar-refractivity contribution in [2.24, 2.45) is 0 Å². The summed E-state index contributed by atoms with van der Waals surface area (Å²) in [4.78, 5) is 0. The van der Waals surface area contributed by atoms with E-state index in [0.29, 0.717) is 6.73 Å². The summed E-state index contributed by atoms with van der Waals surface area (Å²) in [6, 6.07) is 3.34. The van der Waals surface area contributed by atoms with Crippen LogP contribution < -0.4 is 5.32 Å². The largest absolute Gasteiger partial charge is 0.362 e. The first-order valence-electron chi connectivity index (χ1n) is 5.15. The third kappa shape index (κ3) is 4.68. The Hall–Kier alpha value is -1.00. The molecule has 0 spiro atoms. The third-order valence-corrected chi connectivity index (χ3v) is 1.97. The fraction of sp³-hybridized carbons (Fsp3) is 0.500. The van der Waals surface area contributed by atoms with Gasteiger partial charge in [0.15, 0.2) is 0 Å². The fourth-order valence-corrected chi connectivity index (χ4v) is 1.08. The van der Waals surface area contributed by atoms with Gasteiger partial charge in [-0.15, -0.1) is 0 Å². The molecule has 0 radical (unpaired) electrons. The minimum absolute atomic E-state index is 0.0551. The van der Waals surface area contributed by atoms with Gasteiger partial charge in [0.1, 0.15) is 11.6 Å². The molecule has 0 bridgehead atoms. The molecule has 0 aliphatic rings. The van der Waals surface area contributed by atoms with Gasteiger partial charge in [0.05, 0.1) is 13.3 Å². The zero-order valence-corrected chi connectivity index (χ0v) is 9.81. The summed E-state index contributed by atoms with van der Waals surface area (Å²) in [5, 5.41) is 3.09. The molecule has 0 saturated carbocycles. The van der Waals surface area contributed by atoms with Crippen LogP contribution in [-0.2, 0) is 11.3 Å². The summed E-state index contributed by atoms with van der Waals surface area (Å²) in [6.45, 7) is 6.36. The molecular weight excluding hydrogens is 212 g/mol. The van der Waals surface area contributed by atoms with Crippen molar-refractivity contribution >= 4 is 0 Å². The summed E-state index contributed by atoms with van der Waals surface area (Å²) < 4.78 is 31.2. The molecule has 0 fully saturated rings. The maximum Gasteiger partial charge on any atom is 0.128 e. The van der Waals surface area contributed by atoms with E-state index in [2.05, 4.69) is 5.32 Å². The van der Waals surface area contributed by atoms with Gasteiger partial charge in [-0.1, -0.05) is 0 Å². The van der Waals surface area contributed by atoms with Crippen molar-refractivity contribution < 1.29 is 13.5 Å². The van der Waals surface area contributed by atoms with Gasteiger partial charge in [0.25, 0.3) is 0 Å². The monoisotopic (exact) mass is 229 g/mol. The molecule has 4 heteroatoms. The van der Waals surface area contributed by atoms with Crippen molar-refractivity contribution in [3.63, 3.8) is 0 Å². The lowest BCUT2D eigenvalue weighted by Gasteiger charge is -2.20. The van der Waals surface area contributed by atoms with Gasteiger partial charge in [-0.2, -0.15) is 0 Å². The molecule has 0 amide bonds. The van der Waals surface area contributed by atoms with Gasteiger partial charge in [-0.25, -0.2) is 8.78 Å². The smallest absolute Gasteiger partial charge is 0.128 e. The Balaban J connectivity index is 2.40. The first-order chi connectivity index (χ1) is 7.38. The summed E-state index contributed by atoms with van der Waals surface area (Å²) in [6.07, 6.45) is 0. The zero-order chi connectivity index (χ0) is 12.2. The minimum Gasteiger partial charge on any atom is -0.362 e. The van der Waals surface area contributed by atoms with Gasteiger partial charge >= 0.3 is 0 Å². The highest BCUT2D eigenvalue weighted by Crippen LogP contribution is 2.10. The van der Waals surface area contributed by atoms with Crippen LogP contribution in [0.25, 0.3) is 0 Å². The van der Waals surface area contributed by atoms with Crippen LogP contribution in [0.2, 0.25) is 0 Å². The molecule has 0 aliphatic carbocycles. The Kier molecular flexibility index (Phi) is 4.38. The van der Waals surface area contributed by atoms with E-state index in [-0.39, 0.29) is 17.7 Å². The molecule has 16 heavy (non-hydrogen) atoms.